The summed E-state index contributed by atoms with van der Waals surface area (Å²) >= 11 is 0. The highest BCUT2D eigenvalue weighted by molar-refractivity contribution is 6.21. The molecule has 0 fully saturated rings. The van der Waals surface area contributed by atoms with E-state index in [1.165, 1.54) is 0 Å². The Balaban J connectivity index is 2.06. The molecule has 1 aromatic carbocycles. The fourth-order valence-electron chi connectivity index (χ4n) is 1.81. The van der Waals surface area contributed by atoms with Gasteiger partial charge in [0.05, 0.1) is 6.42 Å². The lowest BCUT2D eigenvalue weighted by Crippen LogP contribution is -1.99. The minimum Gasteiger partial charge on any atom is -0.504 e. The normalized spacial score (nSPS) is 16.0. The van der Waals surface area contributed by atoms with E-state index in [9.17, 15) is 14.7 Å². The van der Waals surface area contributed by atoms with Crippen LogP contribution in [0.5, 0.6) is 0 Å². The van der Waals surface area contributed by atoms with Crippen LogP contribution in [0, 0.1) is 0 Å². The molecule has 0 atom stereocenters. The number of aliphatic hydroxyl groups excluding tert-OH is 1. The standard InChI is InChI=1S/C13H12O3/c14-11-8-12(15)13(16)10(11)7-6-9-4-2-1-3-5-9/h1-5,16H,6-8H2. The van der Waals surface area contributed by atoms with Gasteiger partial charge in [-0.15, -0.1) is 0 Å². The molecule has 0 radical (unpaired) electrons. The summed E-state index contributed by atoms with van der Waals surface area (Å²) in [5.41, 5.74) is 1.38. The first kappa shape index (κ1) is 10.6. The second-order valence-corrected chi connectivity index (χ2v) is 3.84. The molecule has 0 saturated carbocycles. The Morgan fingerprint density at radius 1 is 1.00 bits per heavy atom. The van der Waals surface area contributed by atoms with E-state index in [2.05, 4.69) is 0 Å². The minimum absolute atomic E-state index is 0.171. The first-order chi connectivity index (χ1) is 7.68. The lowest BCUT2D eigenvalue weighted by molar-refractivity contribution is -0.122. The van der Waals surface area contributed by atoms with Crippen LogP contribution in [0.15, 0.2) is 41.7 Å². The summed E-state index contributed by atoms with van der Waals surface area (Å²) in [5, 5.41) is 9.42. The summed E-state index contributed by atoms with van der Waals surface area (Å²) < 4.78 is 0. The van der Waals surface area contributed by atoms with Crippen molar-refractivity contribution in [2.75, 3.05) is 0 Å². The Labute approximate surface area is 93.4 Å². The molecule has 0 aromatic heterocycles. The third kappa shape index (κ3) is 2.03. The number of hydrogen-bond donors (Lipinski definition) is 1. The maximum atomic E-state index is 11.4. The highest BCUT2D eigenvalue weighted by atomic mass is 16.3. The molecule has 82 valence electrons. The molecule has 2 rings (SSSR count). The molecule has 1 N–H and O–H groups in total. The SMILES string of the molecule is O=C1CC(=O)C(CCc2ccccc2)=C1O. The predicted molar refractivity (Wildman–Crippen MR) is 59.0 cm³/mol. The predicted octanol–water partition coefficient (Wildman–Crippen LogP) is 1.97. The van der Waals surface area contributed by atoms with Crippen molar-refractivity contribution in [3.05, 3.63) is 47.2 Å². The molecule has 1 aliphatic carbocycles. The fraction of sp³-hybridized carbons (Fsp3) is 0.231. The first-order valence-corrected chi connectivity index (χ1v) is 5.21. The monoisotopic (exact) mass is 216 g/mol. The van der Waals surface area contributed by atoms with Crippen molar-refractivity contribution in [3.8, 4) is 0 Å². The van der Waals surface area contributed by atoms with Crippen LogP contribution in [0.25, 0.3) is 0 Å². The van der Waals surface area contributed by atoms with E-state index in [-0.39, 0.29) is 23.5 Å². The van der Waals surface area contributed by atoms with Crippen LogP contribution in [0.2, 0.25) is 0 Å². The Hall–Kier alpha value is -1.90. The summed E-state index contributed by atoms with van der Waals surface area (Å²) in [4.78, 5) is 22.5. The van der Waals surface area contributed by atoms with Gasteiger partial charge in [0.25, 0.3) is 0 Å². The quantitative estimate of drug-likeness (QED) is 0.786. The van der Waals surface area contributed by atoms with Crippen molar-refractivity contribution in [1.29, 1.82) is 0 Å². The lowest BCUT2D eigenvalue weighted by atomic mass is 10.0. The Bertz CT molecular complexity index is 457. The third-order valence-electron chi connectivity index (χ3n) is 2.71. The molecular weight excluding hydrogens is 204 g/mol. The zero-order valence-electron chi connectivity index (χ0n) is 8.77. The summed E-state index contributed by atoms with van der Waals surface area (Å²) in [7, 11) is 0. The van der Waals surface area contributed by atoms with Gasteiger partial charge in [-0.3, -0.25) is 9.59 Å². The lowest BCUT2D eigenvalue weighted by Gasteiger charge is -2.01. The maximum Gasteiger partial charge on any atom is 0.205 e. The van der Waals surface area contributed by atoms with E-state index < -0.39 is 5.78 Å². The number of carbonyl (C=O) groups is 2. The molecule has 0 heterocycles. The van der Waals surface area contributed by atoms with Crippen LogP contribution >= 0.6 is 0 Å². The highest BCUT2D eigenvalue weighted by Gasteiger charge is 2.29. The average Bonchev–Trinajstić information content (AvgIpc) is 2.53. The van der Waals surface area contributed by atoms with Gasteiger partial charge in [0.1, 0.15) is 0 Å². The number of allylic oxidation sites excluding steroid dienone is 2. The topological polar surface area (TPSA) is 54.4 Å². The van der Waals surface area contributed by atoms with Crippen molar-refractivity contribution in [2.45, 2.75) is 19.3 Å². The molecule has 0 bridgehead atoms. The molecule has 3 heteroatoms. The van der Waals surface area contributed by atoms with Gasteiger partial charge in [0, 0.05) is 5.57 Å². The molecule has 1 aromatic rings. The van der Waals surface area contributed by atoms with Gasteiger partial charge < -0.3 is 5.11 Å². The molecule has 0 spiro atoms. The van der Waals surface area contributed by atoms with Crippen LogP contribution in [0.3, 0.4) is 0 Å². The van der Waals surface area contributed by atoms with Gasteiger partial charge in [-0.1, -0.05) is 30.3 Å². The van der Waals surface area contributed by atoms with Gasteiger partial charge in [0.15, 0.2) is 11.5 Å². The summed E-state index contributed by atoms with van der Waals surface area (Å²) in [6, 6.07) is 9.68. The number of carbonyl (C=O) groups excluding carboxylic acids is 2. The number of rotatable bonds is 3. The number of Topliss-reactive ketones (excluding diaryl/α,β-unsaturated/α-hetero) is 2. The van der Waals surface area contributed by atoms with Crippen LogP contribution < -0.4 is 0 Å². The van der Waals surface area contributed by atoms with Crippen LogP contribution in [-0.4, -0.2) is 16.7 Å². The molecule has 0 unspecified atom stereocenters. The zero-order chi connectivity index (χ0) is 11.5. The number of ketones is 2. The maximum absolute atomic E-state index is 11.4. The summed E-state index contributed by atoms with van der Waals surface area (Å²) in [6.07, 6.45) is 0.926. The Morgan fingerprint density at radius 2 is 1.69 bits per heavy atom. The summed E-state index contributed by atoms with van der Waals surface area (Å²) in [6.45, 7) is 0. The highest BCUT2D eigenvalue weighted by Crippen LogP contribution is 2.22. The van der Waals surface area contributed by atoms with E-state index in [4.69, 9.17) is 0 Å². The molecule has 3 nitrogen and oxygen atoms in total. The zero-order valence-corrected chi connectivity index (χ0v) is 8.77. The van der Waals surface area contributed by atoms with Crippen molar-refractivity contribution in [1.82, 2.24) is 0 Å². The van der Waals surface area contributed by atoms with Crippen LogP contribution in [-0.2, 0) is 16.0 Å². The third-order valence-corrected chi connectivity index (χ3v) is 2.71. The largest absolute Gasteiger partial charge is 0.504 e. The smallest absolute Gasteiger partial charge is 0.205 e. The molecule has 0 saturated heterocycles. The van der Waals surface area contributed by atoms with E-state index in [1.807, 2.05) is 30.3 Å². The van der Waals surface area contributed by atoms with Crippen molar-refractivity contribution < 1.29 is 14.7 Å². The Kier molecular flexibility index (Phi) is 2.86. The number of aryl methyl sites for hydroxylation is 1. The van der Waals surface area contributed by atoms with Crippen molar-refractivity contribution >= 4 is 11.6 Å². The van der Waals surface area contributed by atoms with Crippen LogP contribution in [0.1, 0.15) is 18.4 Å². The number of benzene rings is 1. The van der Waals surface area contributed by atoms with Gasteiger partial charge in [-0.25, -0.2) is 0 Å². The van der Waals surface area contributed by atoms with Crippen LogP contribution in [0.4, 0.5) is 0 Å². The number of aliphatic hydroxyl groups is 1. The average molecular weight is 216 g/mol. The van der Waals surface area contributed by atoms with Gasteiger partial charge in [-0.05, 0) is 18.4 Å². The molecule has 16 heavy (non-hydrogen) atoms. The van der Waals surface area contributed by atoms with Gasteiger partial charge in [-0.2, -0.15) is 0 Å². The Morgan fingerprint density at radius 3 is 2.25 bits per heavy atom. The van der Waals surface area contributed by atoms with E-state index in [0.717, 1.165) is 5.56 Å². The van der Waals surface area contributed by atoms with Gasteiger partial charge in [0.2, 0.25) is 5.78 Å². The second kappa shape index (κ2) is 4.31. The van der Waals surface area contributed by atoms with E-state index >= 15 is 0 Å². The summed E-state index contributed by atoms with van der Waals surface area (Å²) in [5.74, 6) is -1.02. The molecular formula is C13H12O3. The van der Waals surface area contributed by atoms with Gasteiger partial charge >= 0.3 is 0 Å². The fourth-order valence-corrected chi connectivity index (χ4v) is 1.81. The minimum atomic E-state index is -0.451. The second-order valence-electron chi connectivity index (χ2n) is 3.84. The molecule has 1 aliphatic rings. The first-order valence-electron chi connectivity index (χ1n) is 5.21. The van der Waals surface area contributed by atoms with E-state index in [1.54, 1.807) is 0 Å². The molecule has 0 aliphatic heterocycles. The molecule has 0 amide bonds. The number of hydrogen-bond acceptors (Lipinski definition) is 3. The van der Waals surface area contributed by atoms with Crippen molar-refractivity contribution in [2.24, 2.45) is 0 Å². The van der Waals surface area contributed by atoms with E-state index in [0.29, 0.717) is 12.8 Å². The van der Waals surface area contributed by atoms with Crippen molar-refractivity contribution in [3.63, 3.8) is 0 Å².